The Bertz CT molecular complexity index is 286. The van der Waals surface area contributed by atoms with E-state index in [-0.39, 0.29) is 6.61 Å². The van der Waals surface area contributed by atoms with E-state index in [0.29, 0.717) is 0 Å². The molecule has 0 aliphatic rings. The van der Waals surface area contributed by atoms with Crippen molar-refractivity contribution in [1.82, 2.24) is 14.5 Å². The SMILES string of the molecule is CCCCCN(CCO)Cc1nccn1C. The molecule has 1 heterocycles. The molecule has 0 saturated heterocycles. The minimum atomic E-state index is 0.219. The molecule has 0 saturated carbocycles. The third-order valence-electron chi connectivity index (χ3n) is 2.78. The number of aliphatic hydroxyl groups is 1. The molecule has 1 rings (SSSR count). The number of aromatic nitrogens is 2. The van der Waals surface area contributed by atoms with E-state index in [0.717, 1.165) is 25.5 Å². The second kappa shape index (κ2) is 7.41. The molecule has 0 amide bonds. The summed E-state index contributed by atoms with van der Waals surface area (Å²) in [5.74, 6) is 1.06. The minimum Gasteiger partial charge on any atom is -0.395 e. The lowest BCUT2D eigenvalue weighted by Gasteiger charge is -2.20. The second-order valence-electron chi connectivity index (χ2n) is 4.16. The van der Waals surface area contributed by atoms with Crippen LogP contribution in [0.4, 0.5) is 0 Å². The number of imidazole rings is 1. The number of hydrogen-bond acceptors (Lipinski definition) is 3. The Morgan fingerprint density at radius 2 is 2.19 bits per heavy atom. The maximum Gasteiger partial charge on any atom is 0.122 e. The first-order chi connectivity index (χ1) is 7.77. The van der Waals surface area contributed by atoms with E-state index in [9.17, 15) is 0 Å². The molecule has 0 aromatic carbocycles. The molecule has 0 aliphatic heterocycles. The van der Waals surface area contributed by atoms with Gasteiger partial charge in [-0.25, -0.2) is 4.98 Å². The highest BCUT2D eigenvalue weighted by Gasteiger charge is 2.07. The number of nitrogens with zero attached hydrogens (tertiary/aromatic N) is 3. The van der Waals surface area contributed by atoms with Crippen LogP contribution in [0.15, 0.2) is 12.4 Å². The van der Waals surface area contributed by atoms with Gasteiger partial charge in [0.2, 0.25) is 0 Å². The Kier molecular flexibility index (Phi) is 6.11. The van der Waals surface area contributed by atoms with Gasteiger partial charge in [0.25, 0.3) is 0 Å². The van der Waals surface area contributed by atoms with Gasteiger partial charge in [0.15, 0.2) is 0 Å². The summed E-state index contributed by atoms with van der Waals surface area (Å²) in [6.45, 7) is 5.03. The molecule has 0 radical (unpaired) electrons. The first-order valence-corrected chi connectivity index (χ1v) is 6.07. The normalized spacial score (nSPS) is 11.2. The van der Waals surface area contributed by atoms with Gasteiger partial charge in [-0.15, -0.1) is 0 Å². The van der Waals surface area contributed by atoms with Crippen molar-refractivity contribution in [2.45, 2.75) is 32.7 Å². The predicted octanol–water partition coefficient (Wildman–Crippen LogP) is 1.40. The number of aliphatic hydroxyl groups excluding tert-OH is 1. The van der Waals surface area contributed by atoms with Crippen molar-refractivity contribution in [2.24, 2.45) is 7.05 Å². The molecule has 0 aliphatic carbocycles. The minimum absolute atomic E-state index is 0.219. The zero-order chi connectivity index (χ0) is 11.8. The van der Waals surface area contributed by atoms with Crippen LogP contribution in [0.1, 0.15) is 32.0 Å². The van der Waals surface area contributed by atoms with Gasteiger partial charge in [0, 0.05) is 26.0 Å². The Balaban J connectivity index is 2.41. The molecular formula is C12H23N3O. The Morgan fingerprint density at radius 3 is 2.75 bits per heavy atom. The van der Waals surface area contributed by atoms with Crippen LogP contribution in [0, 0.1) is 0 Å². The van der Waals surface area contributed by atoms with Gasteiger partial charge in [0.05, 0.1) is 13.2 Å². The molecule has 1 N–H and O–H groups in total. The van der Waals surface area contributed by atoms with E-state index in [2.05, 4.69) is 16.8 Å². The number of aryl methyl sites for hydroxylation is 1. The van der Waals surface area contributed by atoms with Gasteiger partial charge in [-0.1, -0.05) is 19.8 Å². The molecule has 16 heavy (non-hydrogen) atoms. The lowest BCUT2D eigenvalue weighted by molar-refractivity contribution is 0.183. The molecule has 0 bridgehead atoms. The zero-order valence-electron chi connectivity index (χ0n) is 10.4. The van der Waals surface area contributed by atoms with Crippen molar-refractivity contribution in [3.8, 4) is 0 Å². The van der Waals surface area contributed by atoms with Crippen LogP contribution in [0.2, 0.25) is 0 Å². The summed E-state index contributed by atoms with van der Waals surface area (Å²) in [6.07, 6.45) is 7.45. The summed E-state index contributed by atoms with van der Waals surface area (Å²) in [4.78, 5) is 6.57. The van der Waals surface area contributed by atoms with Crippen LogP contribution in [0.3, 0.4) is 0 Å². The summed E-state index contributed by atoms with van der Waals surface area (Å²) >= 11 is 0. The Labute approximate surface area is 97.9 Å². The van der Waals surface area contributed by atoms with Crippen molar-refractivity contribution in [3.05, 3.63) is 18.2 Å². The lowest BCUT2D eigenvalue weighted by Crippen LogP contribution is -2.28. The van der Waals surface area contributed by atoms with E-state index in [1.165, 1.54) is 19.3 Å². The van der Waals surface area contributed by atoms with Crippen molar-refractivity contribution in [3.63, 3.8) is 0 Å². The smallest absolute Gasteiger partial charge is 0.122 e. The average molecular weight is 225 g/mol. The van der Waals surface area contributed by atoms with Crippen LogP contribution in [0.5, 0.6) is 0 Å². The van der Waals surface area contributed by atoms with E-state index in [4.69, 9.17) is 5.11 Å². The predicted molar refractivity (Wildman–Crippen MR) is 65.1 cm³/mol. The Morgan fingerprint density at radius 1 is 1.38 bits per heavy atom. The fraction of sp³-hybridized carbons (Fsp3) is 0.750. The number of unbranched alkanes of at least 4 members (excludes halogenated alkanes) is 2. The molecule has 4 nitrogen and oxygen atoms in total. The van der Waals surface area contributed by atoms with Gasteiger partial charge in [-0.2, -0.15) is 0 Å². The molecule has 0 fully saturated rings. The van der Waals surface area contributed by atoms with E-state index >= 15 is 0 Å². The topological polar surface area (TPSA) is 41.3 Å². The summed E-state index contributed by atoms with van der Waals surface area (Å²) < 4.78 is 2.03. The summed E-state index contributed by atoms with van der Waals surface area (Å²) in [6, 6.07) is 0. The van der Waals surface area contributed by atoms with Crippen molar-refractivity contribution < 1.29 is 5.11 Å². The van der Waals surface area contributed by atoms with Gasteiger partial charge < -0.3 is 9.67 Å². The van der Waals surface area contributed by atoms with Crippen LogP contribution in [0.25, 0.3) is 0 Å². The highest BCUT2D eigenvalue weighted by atomic mass is 16.3. The second-order valence-corrected chi connectivity index (χ2v) is 4.16. The monoisotopic (exact) mass is 225 g/mol. The fourth-order valence-electron chi connectivity index (χ4n) is 1.75. The van der Waals surface area contributed by atoms with Crippen LogP contribution >= 0.6 is 0 Å². The third-order valence-corrected chi connectivity index (χ3v) is 2.78. The maximum absolute atomic E-state index is 9.02. The largest absolute Gasteiger partial charge is 0.395 e. The molecule has 0 unspecified atom stereocenters. The quantitative estimate of drug-likeness (QED) is 0.680. The maximum atomic E-state index is 9.02. The van der Waals surface area contributed by atoms with Gasteiger partial charge >= 0.3 is 0 Å². The van der Waals surface area contributed by atoms with Crippen LogP contribution < -0.4 is 0 Å². The molecule has 0 spiro atoms. The first kappa shape index (κ1) is 13.2. The Hall–Kier alpha value is -0.870. The number of hydrogen-bond donors (Lipinski definition) is 1. The van der Waals surface area contributed by atoms with Gasteiger partial charge in [-0.05, 0) is 13.0 Å². The van der Waals surface area contributed by atoms with Crippen molar-refractivity contribution in [1.29, 1.82) is 0 Å². The molecule has 1 aromatic heterocycles. The highest BCUT2D eigenvalue weighted by molar-refractivity contribution is 4.90. The van der Waals surface area contributed by atoms with Crippen LogP contribution in [-0.2, 0) is 13.6 Å². The zero-order valence-corrected chi connectivity index (χ0v) is 10.4. The fourth-order valence-corrected chi connectivity index (χ4v) is 1.75. The van der Waals surface area contributed by atoms with Gasteiger partial charge in [0.1, 0.15) is 5.82 Å². The van der Waals surface area contributed by atoms with E-state index in [1.807, 2.05) is 24.0 Å². The van der Waals surface area contributed by atoms with Gasteiger partial charge in [-0.3, -0.25) is 4.90 Å². The average Bonchev–Trinajstić information content (AvgIpc) is 2.65. The molecule has 0 atom stereocenters. The first-order valence-electron chi connectivity index (χ1n) is 6.07. The summed E-state index contributed by atoms with van der Waals surface area (Å²) in [5, 5.41) is 9.02. The molecule has 92 valence electrons. The summed E-state index contributed by atoms with van der Waals surface area (Å²) in [7, 11) is 2.01. The van der Waals surface area contributed by atoms with Crippen LogP contribution in [-0.4, -0.2) is 39.3 Å². The van der Waals surface area contributed by atoms with E-state index < -0.39 is 0 Å². The summed E-state index contributed by atoms with van der Waals surface area (Å²) in [5.41, 5.74) is 0. The lowest BCUT2D eigenvalue weighted by atomic mass is 10.2. The van der Waals surface area contributed by atoms with E-state index in [1.54, 1.807) is 0 Å². The molecule has 1 aromatic rings. The molecular weight excluding hydrogens is 202 g/mol. The highest BCUT2D eigenvalue weighted by Crippen LogP contribution is 2.04. The third kappa shape index (κ3) is 4.33. The molecule has 4 heteroatoms. The number of rotatable bonds is 8. The van der Waals surface area contributed by atoms with Crippen molar-refractivity contribution >= 4 is 0 Å². The standard InChI is InChI=1S/C12H23N3O/c1-3-4-5-7-15(9-10-16)11-12-13-6-8-14(12)2/h6,8,16H,3-5,7,9-11H2,1-2H3. The van der Waals surface area contributed by atoms with Crippen molar-refractivity contribution in [2.75, 3.05) is 19.7 Å².